The molecule has 6 nitrogen and oxygen atoms in total. The maximum atomic E-state index is 11.8. The summed E-state index contributed by atoms with van der Waals surface area (Å²) in [6.07, 6.45) is -0.432. The molecule has 1 unspecified atom stereocenters. The number of ether oxygens (including phenoxy) is 3. The lowest BCUT2D eigenvalue weighted by Crippen LogP contribution is -2.25. The van der Waals surface area contributed by atoms with Crippen molar-refractivity contribution < 1.29 is 24.1 Å². The van der Waals surface area contributed by atoms with Crippen LogP contribution in [0.3, 0.4) is 0 Å². The molecule has 1 atom stereocenters. The predicted octanol–water partition coefficient (Wildman–Crippen LogP) is 0.806. The van der Waals surface area contributed by atoms with Crippen molar-refractivity contribution in [2.75, 3.05) is 27.9 Å². The molecule has 0 saturated carbocycles. The fourth-order valence-corrected chi connectivity index (χ4v) is 2.33. The minimum atomic E-state index is -0.599. The van der Waals surface area contributed by atoms with Crippen LogP contribution in [0, 0.1) is 0 Å². The summed E-state index contributed by atoms with van der Waals surface area (Å²) in [5, 5.41) is 9.54. The van der Waals surface area contributed by atoms with Gasteiger partial charge in [-0.1, -0.05) is 0 Å². The number of β-amino-alcohol motifs (C(OH)–C–C–N with tert-alkyl or cyclic N) is 1. The van der Waals surface area contributed by atoms with E-state index in [0.717, 1.165) is 5.56 Å². The molecule has 0 radical (unpaired) electrons. The third kappa shape index (κ3) is 2.80. The van der Waals surface area contributed by atoms with Gasteiger partial charge in [0.05, 0.1) is 46.0 Å². The van der Waals surface area contributed by atoms with Gasteiger partial charge in [-0.2, -0.15) is 0 Å². The monoisotopic (exact) mass is 281 g/mol. The second kappa shape index (κ2) is 6.00. The van der Waals surface area contributed by atoms with Gasteiger partial charge >= 0.3 is 0 Å². The average Bonchev–Trinajstić information content (AvgIpc) is 2.76. The van der Waals surface area contributed by atoms with Crippen molar-refractivity contribution in [2.45, 2.75) is 19.1 Å². The van der Waals surface area contributed by atoms with Crippen LogP contribution in [-0.2, 0) is 11.3 Å². The average molecular weight is 281 g/mol. The molecule has 20 heavy (non-hydrogen) atoms. The van der Waals surface area contributed by atoms with Crippen LogP contribution >= 0.6 is 0 Å². The molecule has 6 heteroatoms. The Morgan fingerprint density at radius 3 is 2.20 bits per heavy atom. The van der Waals surface area contributed by atoms with Crippen LogP contribution in [0.15, 0.2) is 12.1 Å². The van der Waals surface area contributed by atoms with E-state index in [9.17, 15) is 9.90 Å². The van der Waals surface area contributed by atoms with Crippen LogP contribution < -0.4 is 14.2 Å². The summed E-state index contributed by atoms with van der Waals surface area (Å²) in [4.78, 5) is 13.4. The van der Waals surface area contributed by atoms with Crippen molar-refractivity contribution in [3.63, 3.8) is 0 Å². The molecule has 1 aliphatic heterocycles. The summed E-state index contributed by atoms with van der Waals surface area (Å²) in [5.74, 6) is 1.73. The lowest BCUT2D eigenvalue weighted by molar-refractivity contribution is -0.128. The highest BCUT2D eigenvalue weighted by Gasteiger charge is 2.29. The van der Waals surface area contributed by atoms with E-state index in [0.29, 0.717) is 30.3 Å². The molecule has 1 amide bonds. The molecular formula is C14H19NO5. The lowest BCUT2D eigenvalue weighted by Gasteiger charge is -2.20. The van der Waals surface area contributed by atoms with Crippen LogP contribution in [0.4, 0.5) is 0 Å². The Morgan fingerprint density at radius 2 is 1.80 bits per heavy atom. The molecule has 1 aliphatic rings. The minimum Gasteiger partial charge on any atom is -0.496 e. The topological polar surface area (TPSA) is 68.2 Å². The van der Waals surface area contributed by atoms with Gasteiger partial charge in [-0.25, -0.2) is 0 Å². The number of nitrogens with zero attached hydrogens (tertiary/aromatic N) is 1. The zero-order valence-electron chi connectivity index (χ0n) is 11.9. The van der Waals surface area contributed by atoms with Gasteiger partial charge in [0, 0.05) is 18.7 Å². The molecule has 0 aliphatic carbocycles. The fourth-order valence-electron chi connectivity index (χ4n) is 2.33. The highest BCUT2D eigenvalue weighted by atomic mass is 16.5. The molecule has 0 aromatic heterocycles. The van der Waals surface area contributed by atoms with Gasteiger partial charge in [0.25, 0.3) is 0 Å². The number of rotatable bonds is 5. The van der Waals surface area contributed by atoms with Crippen molar-refractivity contribution in [1.29, 1.82) is 0 Å². The normalized spacial score (nSPS) is 18.3. The van der Waals surface area contributed by atoms with E-state index in [2.05, 4.69) is 0 Å². The van der Waals surface area contributed by atoms with Crippen molar-refractivity contribution in [3.8, 4) is 17.2 Å². The first-order chi connectivity index (χ1) is 9.58. The Labute approximate surface area is 117 Å². The molecule has 0 spiro atoms. The van der Waals surface area contributed by atoms with E-state index in [1.54, 1.807) is 38.4 Å². The number of carbonyl (C=O) groups excluding carboxylic acids is 1. The third-order valence-corrected chi connectivity index (χ3v) is 3.36. The molecule has 1 fully saturated rings. The van der Waals surface area contributed by atoms with Gasteiger partial charge in [-0.3, -0.25) is 4.79 Å². The van der Waals surface area contributed by atoms with E-state index in [4.69, 9.17) is 14.2 Å². The molecule has 1 aromatic rings. The number of hydrogen-bond acceptors (Lipinski definition) is 5. The zero-order chi connectivity index (χ0) is 14.7. The molecule has 1 N–H and O–H groups in total. The summed E-state index contributed by atoms with van der Waals surface area (Å²) in [7, 11) is 4.67. The second-order valence-electron chi connectivity index (χ2n) is 4.64. The van der Waals surface area contributed by atoms with Gasteiger partial charge in [0.2, 0.25) is 5.91 Å². The van der Waals surface area contributed by atoms with Gasteiger partial charge in [0.1, 0.15) is 17.2 Å². The summed E-state index contributed by atoms with van der Waals surface area (Å²) in [5.41, 5.74) is 0.762. The SMILES string of the molecule is COc1cc(OC)c(CN2CC(O)CC2=O)c(OC)c1. The lowest BCUT2D eigenvalue weighted by atomic mass is 10.1. The van der Waals surface area contributed by atoms with Gasteiger partial charge in [-0.15, -0.1) is 0 Å². The van der Waals surface area contributed by atoms with Crippen LogP contribution in [-0.4, -0.2) is 49.9 Å². The molecule has 2 rings (SSSR count). The number of aliphatic hydroxyl groups excluding tert-OH is 1. The number of amides is 1. The first-order valence-corrected chi connectivity index (χ1v) is 6.33. The molecule has 110 valence electrons. The smallest absolute Gasteiger partial charge is 0.225 e. The second-order valence-corrected chi connectivity index (χ2v) is 4.64. The van der Waals surface area contributed by atoms with E-state index in [-0.39, 0.29) is 12.3 Å². The molecule has 1 heterocycles. The van der Waals surface area contributed by atoms with Gasteiger partial charge in [-0.05, 0) is 0 Å². The first-order valence-electron chi connectivity index (χ1n) is 6.33. The summed E-state index contributed by atoms with van der Waals surface area (Å²) in [6.45, 7) is 0.670. The molecule has 1 aromatic carbocycles. The first kappa shape index (κ1) is 14.5. The quantitative estimate of drug-likeness (QED) is 0.865. The largest absolute Gasteiger partial charge is 0.496 e. The Hall–Kier alpha value is -1.95. The predicted molar refractivity (Wildman–Crippen MR) is 72.1 cm³/mol. The van der Waals surface area contributed by atoms with E-state index >= 15 is 0 Å². The van der Waals surface area contributed by atoms with Crippen LogP contribution in [0.5, 0.6) is 17.2 Å². The van der Waals surface area contributed by atoms with Crippen molar-refractivity contribution in [1.82, 2.24) is 4.90 Å². The van der Waals surface area contributed by atoms with Gasteiger partial charge in [0.15, 0.2) is 0 Å². The Morgan fingerprint density at radius 1 is 1.20 bits per heavy atom. The zero-order valence-corrected chi connectivity index (χ0v) is 11.9. The van der Waals surface area contributed by atoms with Crippen LogP contribution in [0.25, 0.3) is 0 Å². The number of benzene rings is 1. The summed E-state index contributed by atoms with van der Waals surface area (Å²) < 4.78 is 15.9. The number of carbonyl (C=O) groups is 1. The van der Waals surface area contributed by atoms with Crippen LogP contribution in [0.1, 0.15) is 12.0 Å². The third-order valence-electron chi connectivity index (χ3n) is 3.36. The Kier molecular flexibility index (Phi) is 4.34. The standard InChI is InChI=1S/C14H19NO5/c1-18-10-5-12(19-2)11(13(6-10)20-3)8-15-7-9(16)4-14(15)17/h5-6,9,16H,4,7-8H2,1-3H3. The number of aliphatic hydroxyl groups is 1. The van der Waals surface area contributed by atoms with Crippen molar-refractivity contribution in [3.05, 3.63) is 17.7 Å². The van der Waals surface area contributed by atoms with E-state index in [1.165, 1.54) is 0 Å². The highest BCUT2D eigenvalue weighted by Crippen LogP contribution is 2.35. The molecule has 0 bridgehead atoms. The maximum absolute atomic E-state index is 11.8. The van der Waals surface area contributed by atoms with Crippen molar-refractivity contribution >= 4 is 5.91 Å². The van der Waals surface area contributed by atoms with Crippen LogP contribution in [0.2, 0.25) is 0 Å². The molecular weight excluding hydrogens is 262 g/mol. The van der Waals surface area contributed by atoms with Crippen molar-refractivity contribution in [2.24, 2.45) is 0 Å². The fraction of sp³-hybridized carbons (Fsp3) is 0.500. The van der Waals surface area contributed by atoms with E-state index < -0.39 is 6.10 Å². The molecule has 1 saturated heterocycles. The Bertz CT molecular complexity index is 477. The highest BCUT2D eigenvalue weighted by molar-refractivity contribution is 5.79. The van der Waals surface area contributed by atoms with Gasteiger partial charge < -0.3 is 24.2 Å². The summed E-state index contributed by atoms with van der Waals surface area (Å²) in [6, 6.07) is 3.49. The minimum absolute atomic E-state index is 0.0718. The van der Waals surface area contributed by atoms with E-state index in [1.807, 2.05) is 0 Å². The Balaban J connectivity index is 2.32. The summed E-state index contributed by atoms with van der Waals surface area (Å²) >= 11 is 0. The number of hydrogen-bond donors (Lipinski definition) is 1. The maximum Gasteiger partial charge on any atom is 0.225 e. The number of likely N-dealkylation sites (tertiary alicyclic amines) is 1. The number of methoxy groups -OCH3 is 3.